The number of benzene rings is 1. The van der Waals surface area contributed by atoms with Crippen LogP contribution in [0.3, 0.4) is 0 Å². The number of aromatic nitrogens is 5. The molecule has 1 aliphatic heterocycles. The van der Waals surface area contributed by atoms with Crippen molar-refractivity contribution in [1.29, 1.82) is 0 Å². The molecule has 0 atom stereocenters. The van der Waals surface area contributed by atoms with Crippen molar-refractivity contribution in [3.05, 3.63) is 72.7 Å². The molecule has 4 aromatic rings. The van der Waals surface area contributed by atoms with Crippen molar-refractivity contribution in [2.45, 2.75) is 19.6 Å². The Morgan fingerprint density at radius 2 is 1.85 bits per heavy atom. The highest BCUT2D eigenvalue weighted by Crippen LogP contribution is 2.36. The summed E-state index contributed by atoms with van der Waals surface area (Å²) in [5.41, 5.74) is 2.14. The number of hydrogen-bond donors (Lipinski definition) is 3. The smallest absolute Gasteiger partial charge is 0.235 e. The number of aromatic amines is 1. The highest BCUT2D eigenvalue weighted by Gasteiger charge is 2.41. The van der Waals surface area contributed by atoms with Crippen molar-refractivity contribution >= 4 is 17.5 Å². The molecule has 0 unspecified atom stereocenters. The molecule has 1 fully saturated rings. The first kappa shape index (κ1) is 27.3. The lowest BCUT2D eigenvalue weighted by atomic mass is 9.91. The maximum Gasteiger partial charge on any atom is 0.235 e. The van der Waals surface area contributed by atoms with Crippen LogP contribution in [0.4, 0.5) is 16.0 Å². The van der Waals surface area contributed by atoms with Crippen LogP contribution in [0.5, 0.6) is 0 Å². The molecule has 4 heterocycles. The first-order valence-corrected chi connectivity index (χ1v) is 12.8. The van der Waals surface area contributed by atoms with Crippen LogP contribution >= 0.6 is 0 Å². The number of nitrogens with zero attached hydrogens (tertiary/aromatic N) is 4. The Balaban J connectivity index is 1.37. The van der Waals surface area contributed by atoms with E-state index in [1.54, 1.807) is 63.0 Å². The molecular formula is C28H30FN7O4. The highest BCUT2D eigenvalue weighted by atomic mass is 19.1. The molecule has 11 nitrogen and oxygen atoms in total. The SMILES string of the molecule is COCCCNc1nccc(-c2[nH]c(C3OCC(C)(C(=O)Nc4ccncc4)CO3)nc2-c2ccc(F)cc2)n1. The number of imidazole rings is 1. The molecule has 0 spiro atoms. The number of amides is 1. The molecule has 0 bridgehead atoms. The zero-order chi connectivity index (χ0) is 28.0. The van der Waals surface area contributed by atoms with Gasteiger partial charge >= 0.3 is 0 Å². The maximum absolute atomic E-state index is 13.7. The summed E-state index contributed by atoms with van der Waals surface area (Å²) in [5.74, 6) is 0.278. The molecule has 0 radical (unpaired) electrons. The first-order chi connectivity index (χ1) is 19.4. The minimum absolute atomic E-state index is 0.111. The third-order valence-corrected chi connectivity index (χ3v) is 6.38. The van der Waals surface area contributed by atoms with Crippen LogP contribution in [-0.2, 0) is 19.0 Å². The Hall–Kier alpha value is -4.26. The van der Waals surface area contributed by atoms with Crippen molar-refractivity contribution in [2.24, 2.45) is 5.41 Å². The van der Waals surface area contributed by atoms with E-state index in [0.29, 0.717) is 53.3 Å². The van der Waals surface area contributed by atoms with Crippen LogP contribution < -0.4 is 10.6 Å². The number of pyridine rings is 1. The molecular weight excluding hydrogens is 517 g/mol. The predicted octanol–water partition coefficient (Wildman–Crippen LogP) is 4.21. The molecule has 1 aliphatic rings. The van der Waals surface area contributed by atoms with Gasteiger partial charge in [0.25, 0.3) is 0 Å². The van der Waals surface area contributed by atoms with Crippen molar-refractivity contribution in [1.82, 2.24) is 24.9 Å². The molecule has 3 N–H and O–H groups in total. The molecule has 5 rings (SSSR count). The zero-order valence-electron chi connectivity index (χ0n) is 22.2. The normalized spacial score (nSPS) is 18.8. The van der Waals surface area contributed by atoms with E-state index >= 15 is 0 Å². The third kappa shape index (κ3) is 6.30. The zero-order valence-corrected chi connectivity index (χ0v) is 22.2. The van der Waals surface area contributed by atoms with Crippen molar-refractivity contribution in [2.75, 3.05) is 44.1 Å². The number of ether oxygens (including phenoxy) is 3. The van der Waals surface area contributed by atoms with Gasteiger partial charge in [0.15, 0.2) is 5.82 Å². The Kier molecular flexibility index (Phi) is 8.39. The van der Waals surface area contributed by atoms with E-state index in [2.05, 4.69) is 30.6 Å². The van der Waals surface area contributed by atoms with Crippen LogP contribution in [0, 0.1) is 11.2 Å². The number of methoxy groups -OCH3 is 1. The van der Waals surface area contributed by atoms with Crippen LogP contribution in [0.1, 0.15) is 25.5 Å². The fourth-order valence-corrected chi connectivity index (χ4v) is 4.12. The summed E-state index contributed by atoms with van der Waals surface area (Å²) in [6.45, 7) is 3.27. The summed E-state index contributed by atoms with van der Waals surface area (Å²) in [7, 11) is 1.65. The average Bonchev–Trinajstić information content (AvgIpc) is 3.42. The van der Waals surface area contributed by atoms with E-state index in [9.17, 15) is 9.18 Å². The maximum atomic E-state index is 13.7. The lowest BCUT2D eigenvalue weighted by molar-refractivity contribution is -0.229. The second-order valence-electron chi connectivity index (χ2n) is 9.60. The minimum atomic E-state index is -0.912. The largest absolute Gasteiger partial charge is 0.385 e. The van der Waals surface area contributed by atoms with Gasteiger partial charge in [-0.3, -0.25) is 9.78 Å². The quantitative estimate of drug-likeness (QED) is 0.250. The molecule has 0 saturated carbocycles. The van der Waals surface area contributed by atoms with E-state index in [1.807, 2.05) is 0 Å². The van der Waals surface area contributed by atoms with E-state index in [-0.39, 0.29) is 24.9 Å². The highest BCUT2D eigenvalue weighted by molar-refractivity contribution is 5.95. The van der Waals surface area contributed by atoms with Gasteiger partial charge in [-0.1, -0.05) is 0 Å². The Morgan fingerprint density at radius 1 is 1.10 bits per heavy atom. The van der Waals surface area contributed by atoms with Crippen LogP contribution in [0.15, 0.2) is 61.1 Å². The van der Waals surface area contributed by atoms with Crippen LogP contribution in [0.2, 0.25) is 0 Å². The number of rotatable bonds is 10. The van der Waals surface area contributed by atoms with Crippen LogP contribution in [-0.4, -0.2) is 64.3 Å². The van der Waals surface area contributed by atoms with E-state index < -0.39 is 11.7 Å². The topological polar surface area (TPSA) is 136 Å². The molecule has 0 aliphatic carbocycles. The number of nitrogens with one attached hydrogen (secondary N) is 3. The lowest BCUT2D eigenvalue weighted by Crippen LogP contribution is -2.45. The minimum Gasteiger partial charge on any atom is -0.385 e. The summed E-state index contributed by atoms with van der Waals surface area (Å²) in [4.78, 5) is 33.9. The first-order valence-electron chi connectivity index (χ1n) is 12.8. The molecule has 208 valence electrons. The fourth-order valence-electron chi connectivity index (χ4n) is 4.12. The summed E-state index contributed by atoms with van der Waals surface area (Å²) in [5, 5.41) is 6.06. The van der Waals surface area contributed by atoms with Crippen molar-refractivity contribution in [3.8, 4) is 22.6 Å². The lowest BCUT2D eigenvalue weighted by Gasteiger charge is -2.35. The van der Waals surface area contributed by atoms with Crippen molar-refractivity contribution < 1.29 is 23.4 Å². The number of carbonyl (C=O) groups excluding carboxylic acids is 1. The number of H-pyrrole nitrogens is 1. The molecule has 3 aromatic heterocycles. The second kappa shape index (κ2) is 12.3. The Morgan fingerprint density at radius 3 is 2.58 bits per heavy atom. The number of carbonyl (C=O) groups is 1. The van der Waals surface area contributed by atoms with Gasteiger partial charge < -0.3 is 29.8 Å². The number of hydrogen-bond acceptors (Lipinski definition) is 9. The standard InChI is InChI=1S/C28H30FN7O4/c1-28(26(37)33-20-8-12-30-13-9-20)16-39-25(40-17-28)24-35-22(18-4-6-19(29)7-5-18)23(36-24)21-10-14-32-27(34-21)31-11-3-15-38-2/h4-10,12-14,25H,3,11,15-17H2,1-2H3,(H,35,36)(H,30,33,37)(H,31,32,34). The molecule has 1 amide bonds. The third-order valence-electron chi connectivity index (χ3n) is 6.38. The van der Waals surface area contributed by atoms with Crippen molar-refractivity contribution in [3.63, 3.8) is 0 Å². The summed E-state index contributed by atoms with van der Waals surface area (Å²) in [6, 6.07) is 11.2. The fraction of sp³-hybridized carbons (Fsp3) is 0.321. The number of anilines is 2. The predicted molar refractivity (Wildman–Crippen MR) is 146 cm³/mol. The Bertz CT molecular complexity index is 1420. The van der Waals surface area contributed by atoms with Gasteiger partial charge in [-0.25, -0.2) is 19.3 Å². The van der Waals surface area contributed by atoms with Gasteiger partial charge in [0.2, 0.25) is 18.1 Å². The van der Waals surface area contributed by atoms with E-state index in [0.717, 1.165) is 6.42 Å². The van der Waals surface area contributed by atoms with E-state index in [1.165, 1.54) is 12.1 Å². The summed E-state index contributed by atoms with van der Waals surface area (Å²) in [6.07, 6.45) is 4.81. The molecule has 12 heteroatoms. The average molecular weight is 548 g/mol. The van der Waals surface area contributed by atoms with Crippen LogP contribution in [0.25, 0.3) is 22.6 Å². The number of halogens is 1. The Labute approximate surface area is 230 Å². The molecule has 1 saturated heterocycles. The van der Waals surface area contributed by atoms with Gasteiger partial charge in [-0.15, -0.1) is 0 Å². The molecule has 1 aromatic carbocycles. The second-order valence-corrected chi connectivity index (χ2v) is 9.60. The van der Waals surface area contributed by atoms with Gasteiger partial charge in [-0.05, 0) is 55.8 Å². The van der Waals surface area contributed by atoms with Gasteiger partial charge in [0, 0.05) is 50.1 Å². The van der Waals surface area contributed by atoms with E-state index in [4.69, 9.17) is 19.2 Å². The molecule has 40 heavy (non-hydrogen) atoms. The van der Waals surface area contributed by atoms with Gasteiger partial charge in [0.1, 0.15) is 5.82 Å². The summed E-state index contributed by atoms with van der Waals surface area (Å²) < 4.78 is 30.8. The van der Waals surface area contributed by atoms with Gasteiger partial charge in [-0.2, -0.15) is 0 Å². The summed E-state index contributed by atoms with van der Waals surface area (Å²) >= 11 is 0. The van der Waals surface area contributed by atoms with Gasteiger partial charge in [0.05, 0.1) is 35.7 Å². The monoisotopic (exact) mass is 547 g/mol.